The van der Waals surface area contributed by atoms with Crippen LogP contribution in [0.4, 0.5) is 10.5 Å². The number of carbonyl (C=O) groups is 1. The molecule has 8 heteroatoms. The highest BCUT2D eigenvalue weighted by Gasteiger charge is 2.14. The second-order valence-electron chi connectivity index (χ2n) is 8.04. The van der Waals surface area contributed by atoms with Gasteiger partial charge in [-0.1, -0.05) is 29.8 Å². The third-order valence-corrected chi connectivity index (χ3v) is 4.81. The molecular formula is C24H33N5O3. The van der Waals surface area contributed by atoms with E-state index in [9.17, 15) is 4.79 Å². The van der Waals surface area contributed by atoms with Gasteiger partial charge in [-0.3, -0.25) is 4.99 Å². The number of nitrogens with zero attached hydrogens (tertiary/aromatic N) is 3. The number of aliphatic imine (C=N–C) groups is 1. The minimum atomic E-state index is -0.204. The first-order valence-corrected chi connectivity index (χ1v) is 11.1. The molecule has 3 rings (SSSR count). The number of aromatic nitrogens is 1. The van der Waals surface area contributed by atoms with E-state index in [4.69, 9.17) is 9.47 Å². The van der Waals surface area contributed by atoms with Gasteiger partial charge in [-0.05, 0) is 32.4 Å². The van der Waals surface area contributed by atoms with Gasteiger partial charge in [0.1, 0.15) is 6.61 Å². The molecule has 0 bridgehead atoms. The van der Waals surface area contributed by atoms with Crippen LogP contribution >= 0.6 is 0 Å². The largest absolute Gasteiger partial charge is 0.476 e. The number of hydrogen-bond donors (Lipinski definition) is 2. The molecule has 172 valence electrons. The topological polar surface area (TPSA) is 88.1 Å². The Labute approximate surface area is 190 Å². The molecule has 0 saturated carbocycles. The zero-order valence-electron chi connectivity index (χ0n) is 19.1. The lowest BCUT2D eigenvalue weighted by Crippen LogP contribution is -2.41. The number of aryl methyl sites for hydroxylation is 1. The Morgan fingerprint density at radius 1 is 1.28 bits per heavy atom. The van der Waals surface area contributed by atoms with E-state index in [0.29, 0.717) is 38.8 Å². The first-order valence-electron chi connectivity index (χ1n) is 11.1. The summed E-state index contributed by atoms with van der Waals surface area (Å²) in [5, 5.41) is 5.57. The summed E-state index contributed by atoms with van der Waals surface area (Å²) in [5.74, 6) is 0.529. The van der Waals surface area contributed by atoms with Crippen molar-refractivity contribution in [3.63, 3.8) is 0 Å². The van der Waals surface area contributed by atoms with Crippen molar-refractivity contribution in [1.29, 1.82) is 0 Å². The number of morpholine rings is 1. The summed E-state index contributed by atoms with van der Waals surface area (Å²) in [6, 6.07) is 12.1. The third kappa shape index (κ3) is 7.85. The second kappa shape index (κ2) is 12.0. The Hall–Kier alpha value is -3.13. The predicted molar refractivity (Wildman–Crippen MR) is 127 cm³/mol. The average molecular weight is 440 g/mol. The van der Waals surface area contributed by atoms with Gasteiger partial charge in [0.2, 0.25) is 5.88 Å². The van der Waals surface area contributed by atoms with Crippen molar-refractivity contribution < 1.29 is 14.3 Å². The Morgan fingerprint density at radius 3 is 2.84 bits per heavy atom. The molecule has 0 spiro atoms. The molecule has 1 fully saturated rings. The number of pyridine rings is 1. The number of rotatable bonds is 9. The fourth-order valence-corrected chi connectivity index (χ4v) is 3.33. The molecule has 0 aliphatic carbocycles. The van der Waals surface area contributed by atoms with E-state index in [0.717, 1.165) is 30.0 Å². The summed E-state index contributed by atoms with van der Waals surface area (Å²) in [7, 11) is 0. The van der Waals surface area contributed by atoms with E-state index < -0.39 is 0 Å². The molecule has 2 amide bonds. The van der Waals surface area contributed by atoms with E-state index in [2.05, 4.69) is 50.6 Å². The molecule has 2 heterocycles. The second-order valence-corrected chi connectivity index (χ2v) is 8.04. The zero-order chi connectivity index (χ0) is 22.8. The van der Waals surface area contributed by atoms with Crippen LogP contribution in [-0.2, 0) is 11.3 Å². The van der Waals surface area contributed by atoms with Crippen molar-refractivity contribution in [2.24, 2.45) is 4.99 Å². The standard InChI is InChI=1S/C24H33N5O3/c1-18(2)27-24(30)26-7-10-32-23-15-22(29-8-11-31-12-9-29)14-21(28-23)17-25-16-20-6-4-5-19(3)13-20/h4-6,13-16,18H,7-12,17H2,1-3H3,(H2,26,27,30). The zero-order valence-corrected chi connectivity index (χ0v) is 19.1. The van der Waals surface area contributed by atoms with E-state index in [-0.39, 0.29) is 12.1 Å². The van der Waals surface area contributed by atoms with Crippen LogP contribution in [0.3, 0.4) is 0 Å². The lowest BCUT2D eigenvalue weighted by Gasteiger charge is -2.29. The first kappa shape index (κ1) is 23.5. The molecule has 0 atom stereocenters. The summed E-state index contributed by atoms with van der Waals surface area (Å²) in [4.78, 5) is 23.2. The quantitative estimate of drug-likeness (QED) is 0.463. The number of ether oxygens (including phenoxy) is 2. The monoisotopic (exact) mass is 439 g/mol. The van der Waals surface area contributed by atoms with Crippen molar-refractivity contribution in [3.05, 3.63) is 53.2 Å². The highest BCUT2D eigenvalue weighted by molar-refractivity contribution is 5.79. The van der Waals surface area contributed by atoms with Crippen LogP contribution in [0.2, 0.25) is 0 Å². The fraction of sp³-hybridized carbons (Fsp3) is 0.458. The minimum Gasteiger partial charge on any atom is -0.476 e. The number of anilines is 1. The molecule has 2 aromatic rings. The van der Waals surface area contributed by atoms with Crippen molar-refractivity contribution in [2.75, 3.05) is 44.4 Å². The van der Waals surface area contributed by atoms with Crippen LogP contribution < -0.4 is 20.3 Å². The van der Waals surface area contributed by atoms with Gasteiger partial charge in [0.15, 0.2) is 0 Å². The number of amides is 2. The van der Waals surface area contributed by atoms with E-state index in [1.807, 2.05) is 38.3 Å². The fourth-order valence-electron chi connectivity index (χ4n) is 3.33. The molecule has 0 radical (unpaired) electrons. The van der Waals surface area contributed by atoms with Crippen molar-refractivity contribution in [3.8, 4) is 5.88 Å². The van der Waals surface area contributed by atoms with Crippen molar-refractivity contribution in [2.45, 2.75) is 33.4 Å². The van der Waals surface area contributed by atoms with Crippen LogP contribution in [0.15, 0.2) is 41.4 Å². The van der Waals surface area contributed by atoms with Crippen molar-refractivity contribution >= 4 is 17.9 Å². The molecule has 32 heavy (non-hydrogen) atoms. The summed E-state index contributed by atoms with van der Waals surface area (Å²) < 4.78 is 11.3. The molecule has 2 N–H and O–H groups in total. The van der Waals surface area contributed by atoms with Crippen LogP contribution in [-0.4, -0.2) is 62.7 Å². The normalized spacial score (nSPS) is 14.1. The van der Waals surface area contributed by atoms with Gasteiger partial charge in [0.25, 0.3) is 0 Å². The summed E-state index contributed by atoms with van der Waals surface area (Å²) in [5.41, 5.74) is 4.15. The van der Waals surface area contributed by atoms with Crippen molar-refractivity contribution in [1.82, 2.24) is 15.6 Å². The Kier molecular flexibility index (Phi) is 8.86. The number of nitrogens with one attached hydrogen (secondary N) is 2. The molecule has 1 aliphatic rings. The average Bonchev–Trinajstić information content (AvgIpc) is 2.77. The maximum absolute atomic E-state index is 11.7. The van der Waals surface area contributed by atoms with Gasteiger partial charge >= 0.3 is 6.03 Å². The maximum atomic E-state index is 11.7. The van der Waals surface area contributed by atoms with Gasteiger partial charge in [0.05, 0.1) is 32.0 Å². The predicted octanol–water partition coefficient (Wildman–Crippen LogP) is 2.93. The number of carbonyl (C=O) groups excluding carboxylic acids is 1. The smallest absolute Gasteiger partial charge is 0.315 e. The lowest BCUT2D eigenvalue weighted by molar-refractivity contribution is 0.122. The Bertz CT molecular complexity index is 910. The van der Waals surface area contributed by atoms with Gasteiger partial charge < -0.3 is 25.0 Å². The van der Waals surface area contributed by atoms with E-state index in [1.165, 1.54) is 5.56 Å². The van der Waals surface area contributed by atoms with Gasteiger partial charge in [-0.2, -0.15) is 0 Å². The molecule has 1 aromatic carbocycles. The molecular weight excluding hydrogens is 406 g/mol. The molecule has 1 saturated heterocycles. The minimum absolute atomic E-state index is 0.0886. The number of benzene rings is 1. The SMILES string of the molecule is Cc1cccc(C=NCc2cc(N3CCOCC3)cc(OCCNC(=O)NC(C)C)n2)c1. The molecule has 8 nitrogen and oxygen atoms in total. The highest BCUT2D eigenvalue weighted by Crippen LogP contribution is 2.23. The van der Waals surface area contributed by atoms with E-state index >= 15 is 0 Å². The first-order chi connectivity index (χ1) is 15.5. The summed E-state index contributed by atoms with van der Waals surface area (Å²) >= 11 is 0. The third-order valence-electron chi connectivity index (χ3n) is 4.81. The molecule has 1 aliphatic heterocycles. The Morgan fingerprint density at radius 2 is 2.09 bits per heavy atom. The summed E-state index contributed by atoms with van der Waals surface area (Å²) in [6.45, 7) is 10.1. The lowest BCUT2D eigenvalue weighted by atomic mass is 10.1. The maximum Gasteiger partial charge on any atom is 0.315 e. The number of urea groups is 1. The van der Waals surface area contributed by atoms with Crippen LogP contribution in [0.5, 0.6) is 5.88 Å². The van der Waals surface area contributed by atoms with Gasteiger partial charge in [0, 0.05) is 37.1 Å². The van der Waals surface area contributed by atoms with E-state index in [1.54, 1.807) is 0 Å². The summed E-state index contributed by atoms with van der Waals surface area (Å²) in [6.07, 6.45) is 1.87. The van der Waals surface area contributed by atoms with Crippen LogP contribution in [0.25, 0.3) is 0 Å². The van der Waals surface area contributed by atoms with Gasteiger partial charge in [-0.25, -0.2) is 9.78 Å². The molecule has 1 aromatic heterocycles. The van der Waals surface area contributed by atoms with Crippen LogP contribution in [0, 0.1) is 6.92 Å². The van der Waals surface area contributed by atoms with Crippen LogP contribution in [0.1, 0.15) is 30.7 Å². The Balaban J connectivity index is 1.64. The molecule has 0 unspecified atom stereocenters. The van der Waals surface area contributed by atoms with Gasteiger partial charge in [-0.15, -0.1) is 0 Å². The number of hydrogen-bond acceptors (Lipinski definition) is 6. The highest BCUT2D eigenvalue weighted by atomic mass is 16.5.